The van der Waals surface area contributed by atoms with Crippen molar-refractivity contribution in [3.05, 3.63) is 11.8 Å². The molecule has 84 valence electrons. The summed E-state index contributed by atoms with van der Waals surface area (Å²) in [5.41, 5.74) is 1.07. The van der Waals surface area contributed by atoms with Crippen LogP contribution in [0.25, 0.3) is 0 Å². The predicted molar refractivity (Wildman–Crippen MR) is 60.7 cm³/mol. The number of rotatable bonds is 6. The molecule has 0 saturated heterocycles. The van der Waals surface area contributed by atoms with E-state index in [-0.39, 0.29) is 5.91 Å². The molecule has 1 rings (SSSR count). The van der Waals surface area contributed by atoms with E-state index >= 15 is 0 Å². The lowest BCUT2D eigenvalue weighted by molar-refractivity contribution is -0.116. The number of carbonyl (C=O) groups is 1. The first kappa shape index (κ1) is 11.8. The Bertz CT molecular complexity index is 307. The summed E-state index contributed by atoms with van der Waals surface area (Å²) in [5.74, 6) is 0.686. The summed E-state index contributed by atoms with van der Waals surface area (Å²) < 4.78 is 0. The zero-order chi connectivity index (χ0) is 11.1. The van der Waals surface area contributed by atoms with Crippen LogP contribution in [0.1, 0.15) is 45.2 Å². The molecule has 15 heavy (non-hydrogen) atoms. The quantitative estimate of drug-likeness (QED) is 0.756. The fraction of sp³-hybridized carbons (Fsp3) is 0.636. The zero-order valence-corrected chi connectivity index (χ0v) is 9.47. The third-order valence-electron chi connectivity index (χ3n) is 2.18. The molecule has 0 aliphatic carbocycles. The number of nitrogens with one attached hydrogen (secondary N) is 2. The van der Waals surface area contributed by atoms with Crippen LogP contribution < -0.4 is 5.32 Å². The second-order valence-corrected chi connectivity index (χ2v) is 3.68. The number of unbranched alkanes of at least 4 members (excludes halogenated alkanes) is 1. The molecule has 1 heterocycles. The topological polar surface area (TPSA) is 57.8 Å². The minimum Gasteiger partial charge on any atom is -0.309 e. The Balaban J connectivity index is 2.39. The number of H-pyrrole nitrogens is 1. The molecule has 0 bridgehead atoms. The van der Waals surface area contributed by atoms with Crippen molar-refractivity contribution in [2.24, 2.45) is 0 Å². The molecule has 0 radical (unpaired) electrons. The van der Waals surface area contributed by atoms with Crippen LogP contribution in [0.2, 0.25) is 0 Å². The van der Waals surface area contributed by atoms with Crippen molar-refractivity contribution in [1.82, 2.24) is 10.2 Å². The van der Waals surface area contributed by atoms with Gasteiger partial charge in [-0.3, -0.25) is 9.89 Å². The van der Waals surface area contributed by atoms with Crippen LogP contribution in [-0.2, 0) is 11.2 Å². The van der Waals surface area contributed by atoms with Crippen molar-refractivity contribution >= 4 is 11.7 Å². The lowest BCUT2D eigenvalue weighted by Crippen LogP contribution is -2.11. The Kier molecular flexibility index (Phi) is 4.87. The summed E-state index contributed by atoms with van der Waals surface area (Å²) in [5, 5.41) is 9.70. The molecule has 0 unspecified atom stereocenters. The second kappa shape index (κ2) is 6.22. The summed E-state index contributed by atoms with van der Waals surface area (Å²) in [6.07, 6.45) is 4.59. The van der Waals surface area contributed by atoms with E-state index in [2.05, 4.69) is 29.4 Å². The summed E-state index contributed by atoms with van der Waals surface area (Å²) in [6, 6.07) is 1.90. The fourth-order valence-corrected chi connectivity index (χ4v) is 1.37. The molecular weight excluding hydrogens is 190 g/mol. The van der Waals surface area contributed by atoms with E-state index in [1.165, 1.54) is 0 Å². The van der Waals surface area contributed by atoms with Crippen LogP contribution in [0.5, 0.6) is 0 Å². The van der Waals surface area contributed by atoms with Crippen molar-refractivity contribution < 1.29 is 4.79 Å². The number of amides is 1. The Hall–Kier alpha value is -1.32. The van der Waals surface area contributed by atoms with Crippen molar-refractivity contribution in [3.63, 3.8) is 0 Å². The number of aromatic nitrogens is 2. The maximum atomic E-state index is 11.4. The van der Waals surface area contributed by atoms with Crippen LogP contribution in [0, 0.1) is 0 Å². The molecule has 1 aromatic rings. The summed E-state index contributed by atoms with van der Waals surface area (Å²) >= 11 is 0. The average Bonchev–Trinajstić information content (AvgIpc) is 2.63. The van der Waals surface area contributed by atoms with Crippen LogP contribution in [0.3, 0.4) is 0 Å². The molecule has 0 aromatic carbocycles. The molecule has 0 spiro atoms. The largest absolute Gasteiger partial charge is 0.309 e. The number of hydrogen-bond donors (Lipinski definition) is 2. The molecule has 1 amide bonds. The monoisotopic (exact) mass is 209 g/mol. The van der Waals surface area contributed by atoms with Gasteiger partial charge >= 0.3 is 0 Å². The lowest BCUT2D eigenvalue weighted by atomic mass is 10.2. The standard InChI is InChI=1S/C11H19N3O/c1-3-5-7-11(15)12-10-8-9(6-4-2)13-14-10/h8H,3-7H2,1-2H3,(H2,12,13,14,15). The van der Waals surface area contributed by atoms with E-state index in [1.807, 2.05) is 6.07 Å². The number of anilines is 1. The molecular formula is C11H19N3O. The van der Waals surface area contributed by atoms with E-state index in [9.17, 15) is 4.79 Å². The van der Waals surface area contributed by atoms with Crippen LogP contribution in [0.15, 0.2) is 6.07 Å². The lowest BCUT2D eigenvalue weighted by Gasteiger charge is -1.99. The summed E-state index contributed by atoms with van der Waals surface area (Å²) in [4.78, 5) is 11.4. The number of aromatic amines is 1. The number of aryl methyl sites for hydroxylation is 1. The van der Waals surface area contributed by atoms with E-state index < -0.39 is 0 Å². The van der Waals surface area contributed by atoms with Gasteiger partial charge in [-0.1, -0.05) is 26.7 Å². The minimum atomic E-state index is 0.0476. The summed E-state index contributed by atoms with van der Waals surface area (Å²) in [6.45, 7) is 4.18. The molecule has 4 heteroatoms. The van der Waals surface area contributed by atoms with Gasteiger partial charge in [0.2, 0.25) is 5.91 Å². The van der Waals surface area contributed by atoms with E-state index in [0.29, 0.717) is 12.2 Å². The first-order chi connectivity index (χ1) is 7.26. The van der Waals surface area contributed by atoms with Gasteiger partial charge in [0.25, 0.3) is 0 Å². The SMILES string of the molecule is CCCCC(=O)Nc1cc(CCC)[nH]n1. The minimum absolute atomic E-state index is 0.0476. The Morgan fingerprint density at radius 2 is 2.27 bits per heavy atom. The highest BCUT2D eigenvalue weighted by atomic mass is 16.1. The third-order valence-corrected chi connectivity index (χ3v) is 2.18. The third kappa shape index (κ3) is 4.14. The van der Waals surface area contributed by atoms with E-state index in [4.69, 9.17) is 0 Å². The molecule has 0 fully saturated rings. The molecule has 0 aliphatic rings. The highest BCUT2D eigenvalue weighted by Gasteiger charge is 2.04. The Morgan fingerprint density at radius 1 is 1.47 bits per heavy atom. The van der Waals surface area contributed by atoms with E-state index in [1.54, 1.807) is 0 Å². The van der Waals surface area contributed by atoms with E-state index in [0.717, 1.165) is 31.4 Å². The zero-order valence-electron chi connectivity index (χ0n) is 9.47. The van der Waals surface area contributed by atoms with Gasteiger partial charge in [-0.25, -0.2) is 0 Å². The van der Waals surface area contributed by atoms with Crippen LogP contribution in [0.4, 0.5) is 5.82 Å². The van der Waals surface area contributed by atoms with Crippen LogP contribution in [-0.4, -0.2) is 16.1 Å². The predicted octanol–water partition coefficient (Wildman–Crippen LogP) is 2.49. The maximum absolute atomic E-state index is 11.4. The van der Waals surface area contributed by atoms with Gasteiger partial charge in [-0.15, -0.1) is 0 Å². The normalized spacial score (nSPS) is 10.3. The van der Waals surface area contributed by atoms with Crippen molar-refractivity contribution in [3.8, 4) is 0 Å². The number of nitrogens with zero attached hydrogens (tertiary/aromatic N) is 1. The molecule has 0 atom stereocenters. The van der Waals surface area contributed by atoms with Gasteiger partial charge < -0.3 is 5.32 Å². The fourth-order valence-electron chi connectivity index (χ4n) is 1.37. The van der Waals surface area contributed by atoms with Gasteiger partial charge in [-0.05, 0) is 12.8 Å². The van der Waals surface area contributed by atoms with Crippen LogP contribution >= 0.6 is 0 Å². The Morgan fingerprint density at radius 3 is 2.93 bits per heavy atom. The van der Waals surface area contributed by atoms with Gasteiger partial charge in [0, 0.05) is 18.2 Å². The van der Waals surface area contributed by atoms with Crippen molar-refractivity contribution in [2.75, 3.05) is 5.32 Å². The molecule has 0 aliphatic heterocycles. The van der Waals surface area contributed by atoms with Crippen molar-refractivity contribution in [2.45, 2.75) is 46.0 Å². The Labute approximate surface area is 90.5 Å². The average molecular weight is 209 g/mol. The van der Waals surface area contributed by atoms with Crippen molar-refractivity contribution in [1.29, 1.82) is 0 Å². The highest BCUT2D eigenvalue weighted by Crippen LogP contribution is 2.08. The molecule has 2 N–H and O–H groups in total. The van der Waals surface area contributed by atoms with Gasteiger partial charge in [-0.2, -0.15) is 5.10 Å². The summed E-state index contributed by atoms with van der Waals surface area (Å²) in [7, 11) is 0. The molecule has 0 saturated carbocycles. The number of hydrogen-bond acceptors (Lipinski definition) is 2. The highest BCUT2D eigenvalue weighted by molar-refractivity contribution is 5.89. The molecule has 4 nitrogen and oxygen atoms in total. The maximum Gasteiger partial charge on any atom is 0.225 e. The number of carbonyl (C=O) groups excluding carboxylic acids is 1. The first-order valence-corrected chi connectivity index (χ1v) is 5.60. The van der Waals surface area contributed by atoms with Gasteiger partial charge in [0.15, 0.2) is 5.82 Å². The second-order valence-electron chi connectivity index (χ2n) is 3.68. The van der Waals surface area contributed by atoms with Gasteiger partial charge in [0.05, 0.1) is 0 Å². The molecule has 1 aromatic heterocycles. The first-order valence-electron chi connectivity index (χ1n) is 5.60. The van der Waals surface area contributed by atoms with Gasteiger partial charge in [0.1, 0.15) is 0 Å². The smallest absolute Gasteiger partial charge is 0.225 e.